The molecule has 0 radical (unpaired) electrons. The molecule has 0 spiro atoms. The van der Waals surface area contributed by atoms with Crippen molar-refractivity contribution in [2.75, 3.05) is 12.0 Å². The Balaban J connectivity index is 2.94. The first-order chi connectivity index (χ1) is 17.4. The number of hydrogen-bond acceptors (Lipinski definition) is 8. The van der Waals surface area contributed by atoms with Crippen LogP contribution < -0.4 is 27.4 Å². The molecule has 1 rings (SSSR count). The molecular formula is C23H33N5O8S. The summed E-state index contributed by atoms with van der Waals surface area (Å²) in [6, 6.07) is 3.74. The van der Waals surface area contributed by atoms with E-state index in [1.807, 2.05) is 6.07 Å². The lowest BCUT2D eigenvalue weighted by atomic mass is 10.0. The molecule has 0 aromatic heterocycles. The van der Waals surface area contributed by atoms with Crippen LogP contribution in [-0.4, -0.2) is 82.0 Å². The summed E-state index contributed by atoms with van der Waals surface area (Å²) in [4.78, 5) is 72.0. The quantitative estimate of drug-likeness (QED) is 0.122. The summed E-state index contributed by atoms with van der Waals surface area (Å²) >= 11 is 1.40. The number of amides is 4. The number of carbonyl (C=O) groups is 6. The zero-order chi connectivity index (χ0) is 28.0. The van der Waals surface area contributed by atoms with Gasteiger partial charge in [0.2, 0.25) is 23.6 Å². The van der Waals surface area contributed by atoms with Gasteiger partial charge in [0, 0.05) is 6.42 Å². The van der Waals surface area contributed by atoms with E-state index in [0.717, 1.165) is 5.56 Å². The number of aliphatic carboxylic acids is 2. The van der Waals surface area contributed by atoms with Crippen LogP contribution in [0.1, 0.15) is 31.2 Å². The summed E-state index contributed by atoms with van der Waals surface area (Å²) in [5, 5.41) is 25.4. The second-order valence-corrected chi connectivity index (χ2v) is 9.19. The molecule has 4 amide bonds. The Hall–Kier alpha value is -3.65. The maximum atomic E-state index is 13.0. The summed E-state index contributed by atoms with van der Waals surface area (Å²) in [6.07, 6.45) is 0.659. The molecule has 0 bridgehead atoms. The van der Waals surface area contributed by atoms with Crippen LogP contribution in [0, 0.1) is 0 Å². The van der Waals surface area contributed by atoms with E-state index in [2.05, 4.69) is 16.0 Å². The molecular weight excluding hydrogens is 506 g/mol. The van der Waals surface area contributed by atoms with Gasteiger partial charge in [0.15, 0.2) is 0 Å². The smallest absolute Gasteiger partial charge is 0.326 e. The predicted molar refractivity (Wildman–Crippen MR) is 135 cm³/mol. The van der Waals surface area contributed by atoms with Crippen molar-refractivity contribution in [1.82, 2.24) is 16.0 Å². The number of thioether (sulfide) groups is 1. The normalized spacial score (nSPS) is 13.9. The second kappa shape index (κ2) is 16.2. The van der Waals surface area contributed by atoms with Crippen LogP contribution in [-0.2, 0) is 35.2 Å². The maximum Gasteiger partial charge on any atom is 0.326 e. The first-order valence-electron chi connectivity index (χ1n) is 11.4. The number of nitrogens with one attached hydrogen (secondary N) is 3. The molecule has 0 saturated heterocycles. The molecule has 0 aliphatic carbocycles. The van der Waals surface area contributed by atoms with Crippen molar-refractivity contribution >= 4 is 47.3 Å². The Bertz CT molecular complexity index is 962. The maximum absolute atomic E-state index is 13.0. The van der Waals surface area contributed by atoms with E-state index in [9.17, 15) is 39.0 Å². The van der Waals surface area contributed by atoms with Crippen LogP contribution >= 0.6 is 11.8 Å². The highest BCUT2D eigenvalue weighted by atomic mass is 32.2. The van der Waals surface area contributed by atoms with Crippen molar-refractivity contribution in [3.63, 3.8) is 0 Å². The third kappa shape index (κ3) is 12.2. The molecule has 9 N–H and O–H groups in total. The zero-order valence-corrected chi connectivity index (χ0v) is 21.2. The molecule has 1 aromatic carbocycles. The summed E-state index contributed by atoms with van der Waals surface area (Å²) in [6.45, 7) is 0. The number of carbonyl (C=O) groups excluding carboxylic acids is 4. The number of rotatable bonds is 17. The van der Waals surface area contributed by atoms with E-state index in [1.165, 1.54) is 11.8 Å². The molecule has 204 valence electrons. The molecule has 0 aliphatic heterocycles. The van der Waals surface area contributed by atoms with Crippen LogP contribution in [0.3, 0.4) is 0 Å². The van der Waals surface area contributed by atoms with E-state index in [-0.39, 0.29) is 25.7 Å². The van der Waals surface area contributed by atoms with Gasteiger partial charge >= 0.3 is 11.9 Å². The first kappa shape index (κ1) is 31.4. The molecule has 0 saturated carbocycles. The fourth-order valence-corrected chi connectivity index (χ4v) is 3.69. The van der Waals surface area contributed by atoms with E-state index in [1.54, 1.807) is 30.5 Å². The highest BCUT2D eigenvalue weighted by molar-refractivity contribution is 7.98. The zero-order valence-electron chi connectivity index (χ0n) is 20.3. The molecule has 37 heavy (non-hydrogen) atoms. The highest BCUT2D eigenvalue weighted by Crippen LogP contribution is 2.07. The predicted octanol–water partition coefficient (Wildman–Crippen LogP) is -1.41. The lowest BCUT2D eigenvalue weighted by molar-refractivity contribution is -0.143. The van der Waals surface area contributed by atoms with Crippen LogP contribution in [0.2, 0.25) is 0 Å². The van der Waals surface area contributed by atoms with Crippen molar-refractivity contribution in [1.29, 1.82) is 0 Å². The molecule has 13 nitrogen and oxygen atoms in total. The Morgan fingerprint density at radius 2 is 1.43 bits per heavy atom. The Labute approximate surface area is 218 Å². The average Bonchev–Trinajstić information content (AvgIpc) is 2.83. The van der Waals surface area contributed by atoms with Crippen molar-refractivity contribution in [3.05, 3.63) is 35.9 Å². The fraction of sp³-hybridized carbons (Fsp3) is 0.478. The third-order valence-corrected chi connectivity index (χ3v) is 5.83. The van der Waals surface area contributed by atoms with Gasteiger partial charge in [-0.25, -0.2) is 4.79 Å². The second-order valence-electron chi connectivity index (χ2n) is 8.20. The van der Waals surface area contributed by atoms with Crippen molar-refractivity contribution in [3.8, 4) is 0 Å². The molecule has 4 atom stereocenters. The van der Waals surface area contributed by atoms with Crippen LogP contribution in [0.25, 0.3) is 0 Å². The van der Waals surface area contributed by atoms with Crippen molar-refractivity contribution < 1.29 is 39.0 Å². The number of carboxylic acids is 2. The minimum atomic E-state index is -1.65. The van der Waals surface area contributed by atoms with E-state index in [0.29, 0.717) is 5.75 Å². The van der Waals surface area contributed by atoms with Gasteiger partial charge in [-0.15, -0.1) is 0 Å². The van der Waals surface area contributed by atoms with Gasteiger partial charge in [-0.3, -0.25) is 24.0 Å². The molecule has 0 fully saturated rings. The van der Waals surface area contributed by atoms with E-state index < -0.39 is 66.2 Å². The number of hydrogen-bond donors (Lipinski definition) is 7. The Kier molecular flexibility index (Phi) is 13.7. The largest absolute Gasteiger partial charge is 0.481 e. The van der Waals surface area contributed by atoms with E-state index >= 15 is 0 Å². The number of nitrogens with two attached hydrogens (primary N) is 2. The van der Waals surface area contributed by atoms with Gasteiger partial charge in [0.1, 0.15) is 18.1 Å². The van der Waals surface area contributed by atoms with Gasteiger partial charge < -0.3 is 37.6 Å². The molecule has 1 aromatic rings. The summed E-state index contributed by atoms with van der Waals surface area (Å²) < 4.78 is 0. The standard InChI is InChI=1S/C23H33N5O8S/c1-37-10-9-15(26-20(32)14(24)11-13-5-3-2-4-6-13)21(33)28-17(12-19(30)31)22(34)27-16(23(35)36)7-8-18(25)29/h2-6,14-17H,7-12,24H2,1H3,(H2,25,29)(H,26,32)(H,27,34)(H,28,33)(H,30,31)(H,35,36). The van der Waals surface area contributed by atoms with Gasteiger partial charge in [-0.1, -0.05) is 30.3 Å². The lowest BCUT2D eigenvalue weighted by Crippen LogP contribution is -2.57. The van der Waals surface area contributed by atoms with Gasteiger partial charge in [0.25, 0.3) is 0 Å². The molecule has 14 heteroatoms. The third-order valence-electron chi connectivity index (χ3n) is 5.18. The first-order valence-corrected chi connectivity index (χ1v) is 12.8. The summed E-state index contributed by atoms with van der Waals surface area (Å²) in [5.74, 6) is -5.75. The highest BCUT2D eigenvalue weighted by Gasteiger charge is 2.31. The monoisotopic (exact) mass is 539 g/mol. The SMILES string of the molecule is CSCCC(NC(=O)C(N)Cc1ccccc1)C(=O)NC(CC(=O)O)C(=O)NC(CCC(N)=O)C(=O)O. The van der Waals surface area contributed by atoms with Gasteiger partial charge in [-0.05, 0) is 36.8 Å². The van der Waals surface area contributed by atoms with Crippen molar-refractivity contribution in [2.45, 2.75) is 56.3 Å². The van der Waals surface area contributed by atoms with Gasteiger partial charge in [-0.2, -0.15) is 11.8 Å². The minimum Gasteiger partial charge on any atom is -0.481 e. The topological polar surface area (TPSA) is 231 Å². The number of benzene rings is 1. The van der Waals surface area contributed by atoms with Gasteiger partial charge in [0.05, 0.1) is 12.5 Å². The average molecular weight is 540 g/mol. The molecule has 4 unspecified atom stereocenters. The molecule has 0 heterocycles. The summed E-state index contributed by atoms with van der Waals surface area (Å²) in [5.41, 5.74) is 11.8. The lowest BCUT2D eigenvalue weighted by Gasteiger charge is -2.24. The number of primary amides is 1. The summed E-state index contributed by atoms with van der Waals surface area (Å²) in [7, 11) is 0. The van der Waals surface area contributed by atoms with Crippen LogP contribution in [0.15, 0.2) is 30.3 Å². The van der Waals surface area contributed by atoms with E-state index in [4.69, 9.17) is 11.5 Å². The van der Waals surface area contributed by atoms with Crippen LogP contribution in [0.4, 0.5) is 0 Å². The fourth-order valence-electron chi connectivity index (χ4n) is 3.22. The number of carboxylic acid groups (broad SMARTS) is 2. The minimum absolute atomic E-state index is 0.161. The van der Waals surface area contributed by atoms with Crippen LogP contribution in [0.5, 0.6) is 0 Å². The Morgan fingerprint density at radius 3 is 1.97 bits per heavy atom. The Morgan fingerprint density at radius 1 is 0.865 bits per heavy atom. The van der Waals surface area contributed by atoms with Crippen molar-refractivity contribution in [2.24, 2.45) is 11.5 Å². The molecule has 0 aliphatic rings.